The molecule has 6 nitrogen and oxygen atoms in total. The lowest BCUT2D eigenvalue weighted by atomic mass is 10.2. The van der Waals surface area contributed by atoms with E-state index in [1.807, 2.05) is 17.9 Å². The summed E-state index contributed by atoms with van der Waals surface area (Å²) in [5, 5.41) is 0. The molecule has 2 heterocycles. The number of likely N-dealkylation sites (tertiary alicyclic amines) is 1. The van der Waals surface area contributed by atoms with Crippen LogP contribution in [0.4, 0.5) is 0 Å². The lowest BCUT2D eigenvalue weighted by molar-refractivity contribution is -0.136. The second-order valence-corrected chi connectivity index (χ2v) is 9.11. The van der Waals surface area contributed by atoms with Crippen LogP contribution in [-0.4, -0.2) is 73.7 Å². The molecule has 1 aromatic rings. The average Bonchev–Trinajstić information content (AvgIpc) is 2.97. The van der Waals surface area contributed by atoms with E-state index in [0.717, 1.165) is 25.9 Å². The monoisotopic (exact) mass is 379 g/mol. The minimum Gasteiger partial charge on any atom is -0.341 e. The number of carbonyl (C=O) groups is 1. The van der Waals surface area contributed by atoms with Gasteiger partial charge in [-0.05, 0) is 31.9 Å². The van der Waals surface area contributed by atoms with Crippen LogP contribution in [0.15, 0.2) is 35.2 Å². The molecule has 144 valence electrons. The van der Waals surface area contributed by atoms with E-state index in [1.54, 1.807) is 24.3 Å². The van der Waals surface area contributed by atoms with Crippen molar-refractivity contribution in [1.82, 2.24) is 14.1 Å². The highest BCUT2D eigenvalue weighted by Crippen LogP contribution is 2.19. The molecule has 0 saturated carbocycles. The standard InChI is InChI=1S/C19H29N3O3S/c1-17(19(23)21-11-7-2-3-8-12-21)20-13-15-22(16-14-20)26(24,25)18-9-5-4-6-10-18/h4-6,9-10,17H,2-3,7-8,11-16H2,1H3. The van der Waals surface area contributed by atoms with Crippen LogP contribution in [0.2, 0.25) is 0 Å². The highest BCUT2D eigenvalue weighted by atomic mass is 32.2. The summed E-state index contributed by atoms with van der Waals surface area (Å²) >= 11 is 0. The highest BCUT2D eigenvalue weighted by Gasteiger charge is 2.33. The zero-order valence-electron chi connectivity index (χ0n) is 15.5. The van der Waals surface area contributed by atoms with Crippen LogP contribution in [0.1, 0.15) is 32.6 Å². The maximum Gasteiger partial charge on any atom is 0.243 e. The first-order valence-corrected chi connectivity index (χ1v) is 11.0. The Morgan fingerprint density at radius 1 is 0.885 bits per heavy atom. The summed E-state index contributed by atoms with van der Waals surface area (Å²) in [7, 11) is -3.45. The van der Waals surface area contributed by atoms with Crippen molar-refractivity contribution in [3.8, 4) is 0 Å². The van der Waals surface area contributed by atoms with E-state index in [1.165, 1.54) is 17.1 Å². The van der Waals surface area contributed by atoms with Gasteiger partial charge in [-0.2, -0.15) is 4.31 Å². The number of nitrogens with zero attached hydrogens (tertiary/aromatic N) is 3. The SMILES string of the molecule is CC(C(=O)N1CCCCCC1)N1CCN(S(=O)(=O)c2ccccc2)CC1. The van der Waals surface area contributed by atoms with E-state index >= 15 is 0 Å². The number of carbonyl (C=O) groups excluding carboxylic acids is 1. The van der Waals surface area contributed by atoms with Gasteiger partial charge >= 0.3 is 0 Å². The fraction of sp³-hybridized carbons (Fsp3) is 0.632. The molecule has 1 amide bonds. The molecule has 2 fully saturated rings. The molecule has 1 unspecified atom stereocenters. The van der Waals surface area contributed by atoms with Crippen molar-refractivity contribution in [2.75, 3.05) is 39.3 Å². The maximum atomic E-state index is 12.8. The van der Waals surface area contributed by atoms with Gasteiger partial charge in [0.15, 0.2) is 0 Å². The molecule has 26 heavy (non-hydrogen) atoms. The van der Waals surface area contributed by atoms with E-state index in [4.69, 9.17) is 0 Å². The zero-order valence-corrected chi connectivity index (χ0v) is 16.3. The number of amides is 1. The molecule has 1 aromatic carbocycles. The second-order valence-electron chi connectivity index (χ2n) is 7.17. The zero-order chi connectivity index (χ0) is 18.6. The lowest BCUT2D eigenvalue weighted by Crippen LogP contribution is -2.55. The molecule has 3 rings (SSSR count). The van der Waals surface area contributed by atoms with Gasteiger partial charge < -0.3 is 4.90 Å². The Hall–Kier alpha value is -1.44. The van der Waals surface area contributed by atoms with E-state index in [0.29, 0.717) is 31.1 Å². The first-order chi connectivity index (χ1) is 12.5. The van der Waals surface area contributed by atoms with Crippen molar-refractivity contribution in [2.45, 2.75) is 43.5 Å². The highest BCUT2D eigenvalue weighted by molar-refractivity contribution is 7.89. The summed E-state index contributed by atoms with van der Waals surface area (Å²) in [6.45, 7) is 5.69. The van der Waals surface area contributed by atoms with E-state index in [9.17, 15) is 13.2 Å². The van der Waals surface area contributed by atoms with Gasteiger partial charge in [-0.15, -0.1) is 0 Å². The maximum absolute atomic E-state index is 12.8. The van der Waals surface area contributed by atoms with Crippen LogP contribution in [0.5, 0.6) is 0 Å². The number of rotatable bonds is 4. The minimum atomic E-state index is -3.45. The molecule has 1 atom stereocenters. The fourth-order valence-corrected chi connectivity index (χ4v) is 5.23. The summed E-state index contributed by atoms with van der Waals surface area (Å²) in [6, 6.07) is 8.37. The summed E-state index contributed by atoms with van der Waals surface area (Å²) in [4.78, 5) is 17.2. The van der Waals surface area contributed by atoms with Gasteiger partial charge in [-0.1, -0.05) is 31.0 Å². The van der Waals surface area contributed by atoms with Gasteiger partial charge in [0.2, 0.25) is 15.9 Å². The third-order valence-electron chi connectivity index (χ3n) is 5.48. The van der Waals surface area contributed by atoms with Crippen molar-refractivity contribution in [3.05, 3.63) is 30.3 Å². The first-order valence-electron chi connectivity index (χ1n) is 9.58. The largest absolute Gasteiger partial charge is 0.341 e. The van der Waals surface area contributed by atoms with Crippen molar-refractivity contribution in [3.63, 3.8) is 0 Å². The lowest BCUT2D eigenvalue weighted by Gasteiger charge is -2.38. The molecule has 0 spiro atoms. The van der Waals surface area contributed by atoms with E-state index < -0.39 is 10.0 Å². The van der Waals surface area contributed by atoms with Crippen LogP contribution in [0.25, 0.3) is 0 Å². The molecular formula is C19H29N3O3S. The molecule has 0 bridgehead atoms. The van der Waals surface area contributed by atoms with Gasteiger partial charge in [0.25, 0.3) is 0 Å². The quantitative estimate of drug-likeness (QED) is 0.800. The van der Waals surface area contributed by atoms with Crippen LogP contribution in [0, 0.1) is 0 Å². The number of hydrogen-bond acceptors (Lipinski definition) is 4. The number of sulfonamides is 1. The van der Waals surface area contributed by atoms with Gasteiger partial charge in [-0.25, -0.2) is 8.42 Å². The predicted octanol–water partition coefficient (Wildman–Crippen LogP) is 1.78. The Kier molecular flexibility index (Phi) is 6.32. The molecule has 7 heteroatoms. The molecule has 2 saturated heterocycles. The molecule has 0 N–H and O–H groups in total. The third-order valence-corrected chi connectivity index (χ3v) is 7.39. The molecule has 2 aliphatic rings. The Labute approximate surface area is 156 Å². The van der Waals surface area contributed by atoms with Crippen molar-refractivity contribution in [2.24, 2.45) is 0 Å². The third kappa shape index (κ3) is 4.27. The fourth-order valence-electron chi connectivity index (χ4n) is 3.78. The topological polar surface area (TPSA) is 60.9 Å². The first kappa shape index (κ1) is 19.3. The van der Waals surface area contributed by atoms with Crippen molar-refractivity contribution in [1.29, 1.82) is 0 Å². The molecule has 0 aromatic heterocycles. The minimum absolute atomic E-state index is 0.185. The predicted molar refractivity (Wildman–Crippen MR) is 101 cm³/mol. The normalized spacial score (nSPS) is 22.0. The van der Waals surface area contributed by atoms with Crippen molar-refractivity contribution >= 4 is 15.9 Å². The number of piperazine rings is 1. The molecule has 0 radical (unpaired) electrons. The van der Waals surface area contributed by atoms with Gasteiger partial charge in [0.05, 0.1) is 10.9 Å². The second kappa shape index (κ2) is 8.50. The van der Waals surface area contributed by atoms with Crippen molar-refractivity contribution < 1.29 is 13.2 Å². The van der Waals surface area contributed by atoms with Gasteiger partial charge in [-0.3, -0.25) is 9.69 Å². The Morgan fingerprint density at radius 3 is 2.04 bits per heavy atom. The van der Waals surface area contributed by atoms with Gasteiger partial charge in [0.1, 0.15) is 0 Å². The summed E-state index contributed by atoms with van der Waals surface area (Å²) in [5.74, 6) is 0.186. The van der Waals surface area contributed by atoms with Crippen LogP contribution < -0.4 is 0 Å². The summed E-state index contributed by atoms with van der Waals surface area (Å²) < 4.78 is 27.0. The molecule has 0 aliphatic carbocycles. The Bertz CT molecular complexity index is 692. The average molecular weight is 380 g/mol. The Morgan fingerprint density at radius 2 is 1.46 bits per heavy atom. The molecule has 2 aliphatic heterocycles. The van der Waals surface area contributed by atoms with Crippen LogP contribution in [0.3, 0.4) is 0 Å². The van der Waals surface area contributed by atoms with Crippen LogP contribution >= 0.6 is 0 Å². The number of benzene rings is 1. The van der Waals surface area contributed by atoms with Gasteiger partial charge in [0, 0.05) is 39.3 Å². The van der Waals surface area contributed by atoms with Crippen LogP contribution in [-0.2, 0) is 14.8 Å². The summed E-state index contributed by atoms with van der Waals surface area (Å²) in [6.07, 6.45) is 4.57. The summed E-state index contributed by atoms with van der Waals surface area (Å²) in [5.41, 5.74) is 0. The number of hydrogen-bond donors (Lipinski definition) is 0. The molecular weight excluding hydrogens is 350 g/mol. The smallest absolute Gasteiger partial charge is 0.243 e. The Balaban J connectivity index is 1.58. The van der Waals surface area contributed by atoms with E-state index in [2.05, 4.69) is 4.90 Å². The van der Waals surface area contributed by atoms with E-state index in [-0.39, 0.29) is 11.9 Å².